The molecule has 0 aliphatic carbocycles. The maximum absolute atomic E-state index is 12.2. The predicted molar refractivity (Wildman–Crippen MR) is 148 cm³/mol. The third-order valence-corrected chi connectivity index (χ3v) is 6.95. The van der Waals surface area contributed by atoms with Gasteiger partial charge in [0.2, 0.25) is 0 Å². The zero-order valence-electron chi connectivity index (χ0n) is 20.7. The van der Waals surface area contributed by atoms with Gasteiger partial charge in [-0.2, -0.15) is 0 Å². The molecule has 1 aromatic heterocycles. The Morgan fingerprint density at radius 2 is 1.73 bits per heavy atom. The Labute approximate surface area is 225 Å². The summed E-state index contributed by atoms with van der Waals surface area (Å²) in [7, 11) is 3.16. The summed E-state index contributed by atoms with van der Waals surface area (Å²) in [5.41, 5.74) is 2.47. The van der Waals surface area contributed by atoms with Crippen LogP contribution in [-0.2, 0) is 4.74 Å². The number of thioether (sulfide) groups is 1. The van der Waals surface area contributed by atoms with E-state index < -0.39 is 6.09 Å². The Kier molecular flexibility index (Phi) is 8.98. The van der Waals surface area contributed by atoms with Crippen molar-refractivity contribution in [1.29, 1.82) is 0 Å². The average Bonchev–Trinajstić information content (AvgIpc) is 2.90. The summed E-state index contributed by atoms with van der Waals surface area (Å²) in [6.45, 7) is 2.36. The lowest BCUT2D eigenvalue weighted by Crippen LogP contribution is -2.14. The van der Waals surface area contributed by atoms with Crippen molar-refractivity contribution in [2.24, 2.45) is 0 Å². The van der Waals surface area contributed by atoms with Crippen LogP contribution in [0.4, 0.5) is 10.5 Å². The monoisotopic (exact) mass is 538 g/mol. The number of nitrogens with one attached hydrogen (secondary N) is 1. The van der Waals surface area contributed by atoms with Gasteiger partial charge < -0.3 is 18.9 Å². The molecule has 1 N–H and O–H groups in total. The molecule has 0 spiro atoms. The molecule has 3 aromatic carbocycles. The molecule has 9 heteroatoms. The molecule has 192 valence electrons. The first kappa shape index (κ1) is 26.4. The number of carbonyl (C=O) groups excluding carboxylic acids is 1. The number of benzene rings is 3. The van der Waals surface area contributed by atoms with Crippen molar-refractivity contribution in [3.63, 3.8) is 0 Å². The van der Waals surface area contributed by atoms with Crippen molar-refractivity contribution in [3.05, 3.63) is 77.4 Å². The number of anilines is 1. The molecule has 0 aliphatic heterocycles. The van der Waals surface area contributed by atoms with Crippen LogP contribution in [0.15, 0.2) is 71.8 Å². The van der Waals surface area contributed by atoms with E-state index in [0.717, 1.165) is 33.7 Å². The van der Waals surface area contributed by atoms with Gasteiger partial charge in [-0.15, -0.1) is 11.8 Å². The molecule has 0 bridgehead atoms. The molecule has 1 heterocycles. The van der Waals surface area contributed by atoms with Gasteiger partial charge in [0.1, 0.15) is 11.5 Å². The molecule has 0 saturated carbocycles. The van der Waals surface area contributed by atoms with Gasteiger partial charge in [0, 0.05) is 39.0 Å². The summed E-state index contributed by atoms with van der Waals surface area (Å²) < 4.78 is 22.1. The number of ether oxygens (including phenoxy) is 4. The normalized spacial score (nSPS) is 10.7. The van der Waals surface area contributed by atoms with E-state index in [1.807, 2.05) is 31.2 Å². The van der Waals surface area contributed by atoms with E-state index in [9.17, 15) is 4.79 Å². The van der Waals surface area contributed by atoms with Crippen molar-refractivity contribution in [2.45, 2.75) is 18.2 Å². The van der Waals surface area contributed by atoms with Gasteiger partial charge in [0.25, 0.3) is 0 Å². The number of carbonyl (C=O) groups is 1. The van der Waals surface area contributed by atoms with Crippen LogP contribution in [-0.4, -0.2) is 37.7 Å². The van der Waals surface area contributed by atoms with E-state index in [0.29, 0.717) is 35.3 Å². The van der Waals surface area contributed by atoms with Crippen LogP contribution >= 0.6 is 23.4 Å². The minimum atomic E-state index is -0.498. The fourth-order valence-electron chi connectivity index (χ4n) is 3.60. The van der Waals surface area contributed by atoms with E-state index in [2.05, 4.69) is 10.3 Å². The van der Waals surface area contributed by atoms with Crippen molar-refractivity contribution < 1.29 is 23.7 Å². The number of pyridine rings is 1. The van der Waals surface area contributed by atoms with Crippen molar-refractivity contribution >= 4 is 46.0 Å². The topological polar surface area (TPSA) is 78.9 Å². The smallest absolute Gasteiger partial charge is 0.411 e. The second-order valence-corrected chi connectivity index (χ2v) is 9.61. The molecule has 1 amide bonds. The maximum atomic E-state index is 12.2. The van der Waals surface area contributed by atoms with Crippen molar-refractivity contribution in [1.82, 2.24) is 4.98 Å². The second kappa shape index (κ2) is 12.6. The van der Waals surface area contributed by atoms with Crippen LogP contribution in [0.2, 0.25) is 5.02 Å². The first-order chi connectivity index (χ1) is 18.0. The minimum Gasteiger partial charge on any atom is -0.493 e. The van der Waals surface area contributed by atoms with E-state index in [-0.39, 0.29) is 0 Å². The Bertz CT molecular complexity index is 1380. The third kappa shape index (κ3) is 6.99. The number of aromatic nitrogens is 1. The highest BCUT2D eigenvalue weighted by atomic mass is 35.5. The highest BCUT2D eigenvalue weighted by Crippen LogP contribution is 2.37. The highest BCUT2D eigenvalue weighted by molar-refractivity contribution is 7.99. The molecule has 37 heavy (non-hydrogen) atoms. The number of aryl methyl sites for hydroxylation is 1. The zero-order chi connectivity index (χ0) is 26.2. The number of rotatable bonds is 10. The summed E-state index contributed by atoms with van der Waals surface area (Å²) in [5, 5.41) is 4.25. The number of methoxy groups -OCH3 is 2. The minimum absolute atomic E-state index is 0.329. The fraction of sp³-hybridized carbons (Fsp3) is 0.214. The van der Waals surface area contributed by atoms with Gasteiger partial charge in [0.15, 0.2) is 11.5 Å². The maximum Gasteiger partial charge on any atom is 0.411 e. The third-order valence-electron chi connectivity index (χ3n) is 5.45. The summed E-state index contributed by atoms with van der Waals surface area (Å²) in [4.78, 5) is 17.7. The van der Waals surface area contributed by atoms with E-state index in [4.69, 9.17) is 30.5 Å². The molecule has 0 aliphatic rings. The van der Waals surface area contributed by atoms with Gasteiger partial charge in [0.05, 0.1) is 26.3 Å². The SMILES string of the molecule is COc1cc2nccc(Oc3ccc(NC(=O)OCCCSc4ccc(Cl)cc4C)cc3)c2cc1OC. The predicted octanol–water partition coefficient (Wildman–Crippen LogP) is 7.74. The van der Waals surface area contributed by atoms with Gasteiger partial charge in [-0.05, 0) is 73.5 Å². The van der Waals surface area contributed by atoms with E-state index in [1.165, 1.54) is 4.90 Å². The highest BCUT2D eigenvalue weighted by Gasteiger charge is 2.12. The first-order valence-corrected chi connectivity index (χ1v) is 12.9. The van der Waals surface area contributed by atoms with E-state index >= 15 is 0 Å². The molecule has 7 nitrogen and oxygen atoms in total. The van der Waals surface area contributed by atoms with Gasteiger partial charge >= 0.3 is 6.09 Å². The Hall–Kier alpha value is -3.62. The number of hydrogen-bond acceptors (Lipinski definition) is 7. The van der Waals surface area contributed by atoms with Gasteiger partial charge in [-0.1, -0.05) is 11.6 Å². The van der Waals surface area contributed by atoms with Crippen molar-refractivity contribution in [3.8, 4) is 23.0 Å². The number of nitrogens with zero attached hydrogens (tertiary/aromatic N) is 1. The van der Waals surface area contributed by atoms with Crippen LogP contribution in [0.5, 0.6) is 23.0 Å². The molecule has 0 radical (unpaired) electrons. The van der Waals surface area contributed by atoms with Gasteiger partial charge in [-0.25, -0.2) is 4.79 Å². The molecule has 0 saturated heterocycles. The number of hydrogen-bond donors (Lipinski definition) is 1. The molecular formula is C28H27ClN2O5S. The van der Waals surface area contributed by atoms with Gasteiger partial charge in [-0.3, -0.25) is 10.3 Å². The fourth-order valence-corrected chi connectivity index (χ4v) is 4.76. The molecule has 4 rings (SSSR count). The Morgan fingerprint density at radius 3 is 2.46 bits per heavy atom. The summed E-state index contributed by atoms with van der Waals surface area (Å²) >= 11 is 7.71. The molecule has 0 atom stereocenters. The number of amides is 1. The zero-order valence-corrected chi connectivity index (χ0v) is 22.3. The summed E-state index contributed by atoms with van der Waals surface area (Å²) in [6.07, 6.45) is 1.91. The number of halogens is 1. The molecule has 0 unspecified atom stereocenters. The standard InChI is InChI=1S/C28H27ClN2O5S/c1-18-15-19(29)5-10-27(18)37-14-4-13-35-28(32)31-20-6-8-21(9-7-20)36-24-11-12-30-23-17-26(34-3)25(33-2)16-22(23)24/h5-12,15-17H,4,13-14H2,1-3H3,(H,31,32). The Balaban J connectivity index is 1.28. The van der Waals surface area contributed by atoms with Crippen LogP contribution in [0.1, 0.15) is 12.0 Å². The quantitative estimate of drug-likeness (QED) is 0.163. The van der Waals surface area contributed by atoms with E-state index in [1.54, 1.807) is 68.6 Å². The molecule has 4 aromatic rings. The second-order valence-electron chi connectivity index (χ2n) is 8.03. The lowest BCUT2D eigenvalue weighted by molar-refractivity contribution is 0.162. The largest absolute Gasteiger partial charge is 0.493 e. The Morgan fingerprint density at radius 1 is 0.973 bits per heavy atom. The molecule has 0 fully saturated rings. The molecular weight excluding hydrogens is 512 g/mol. The summed E-state index contributed by atoms with van der Waals surface area (Å²) in [6, 6.07) is 18.3. The van der Waals surface area contributed by atoms with Crippen molar-refractivity contribution in [2.75, 3.05) is 31.9 Å². The average molecular weight is 539 g/mol. The lowest BCUT2D eigenvalue weighted by atomic mass is 10.2. The summed E-state index contributed by atoms with van der Waals surface area (Å²) in [5.74, 6) is 3.25. The lowest BCUT2D eigenvalue weighted by Gasteiger charge is -2.13. The number of fused-ring (bicyclic) bond motifs is 1. The van der Waals surface area contributed by atoms with Crippen LogP contribution in [0.25, 0.3) is 10.9 Å². The first-order valence-electron chi connectivity index (χ1n) is 11.6. The van der Waals surface area contributed by atoms with Crippen LogP contribution < -0.4 is 19.5 Å². The van der Waals surface area contributed by atoms with Crippen LogP contribution in [0, 0.1) is 6.92 Å². The van der Waals surface area contributed by atoms with Crippen LogP contribution in [0.3, 0.4) is 0 Å².